The second kappa shape index (κ2) is 10.3. The molecule has 10 nitrogen and oxygen atoms in total. The molecule has 31 heavy (non-hydrogen) atoms. The lowest BCUT2D eigenvalue weighted by Gasteiger charge is -2.39. The normalized spacial score (nSPS) is 24.8. The van der Waals surface area contributed by atoms with Crippen LogP contribution in [-0.4, -0.2) is 92.4 Å². The average Bonchev–Trinajstić information content (AvgIpc) is 2.74. The van der Waals surface area contributed by atoms with Gasteiger partial charge in [-0.15, -0.1) is 0 Å². The maximum atomic E-state index is 13.1. The van der Waals surface area contributed by atoms with E-state index in [4.69, 9.17) is 4.74 Å². The van der Waals surface area contributed by atoms with E-state index in [-0.39, 0.29) is 18.7 Å². The van der Waals surface area contributed by atoms with Crippen molar-refractivity contribution >= 4 is 22.2 Å². The smallest absolute Gasteiger partial charge is 0.337 e. The molecule has 1 atom stereocenters. The minimum Gasteiger partial charge on any atom is -0.463 e. The first-order valence-corrected chi connectivity index (χ1v) is 12.6. The SMILES string of the molecule is CCOC(=O)C1=C(CN2CCN(S(=O)(=O)N(C)C3CCCCC3)CC2)NC(=O)NC1C. The van der Waals surface area contributed by atoms with Crippen LogP contribution in [0.1, 0.15) is 46.0 Å². The molecule has 0 radical (unpaired) electrons. The number of amides is 2. The average molecular weight is 458 g/mol. The summed E-state index contributed by atoms with van der Waals surface area (Å²) < 4.78 is 34.4. The van der Waals surface area contributed by atoms with Crippen molar-refractivity contribution in [1.29, 1.82) is 0 Å². The van der Waals surface area contributed by atoms with Crippen LogP contribution in [0.3, 0.4) is 0 Å². The van der Waals surface area contributed by atoms with Gasteiger partial charge in [0.15, 0.2) is 0 Å². The lowest BCUT2D eigenvalue weighted by Crippen LogP contribution is -2.56. The molecule has 2 heterocycles. The standard InChI is InChI=1S/C20H35N5O5S/c1-4-30-19(26)18-15(2)21-20(27)22-17(18)14-24-10-12-25(13-11-24)31(28,29)23(3)16-8-6-5-7-9-16/h15-16H,4-14H2,1-3H3,(H2,21,22,27). The summed E-state index contributed by atoms with van der Waals surface area (Å²) in [6.07, 6.45) is 5.18. The topological polar surface area (TPSA) is 111 Å². The van der Waals surface area contributed by atoms with E-state index < -0.39 is 22.2 Å². The zero-order valence-corrected chi connectivity index (χ0v) is 19.5. The molecule has 2 amide bonds. The van der Waals surface area contributed by atoms with E-state index in [1.54, 1.807) is 29.5 Å². The Balaban J connectivity index is 1.63. The highest BCUT2D eigenvalue weighted by molar-refractivity contribution is 7.86. The van der Waals surface area contributed by atoms with Gasteiger partial charge in [0.05, 0.1) is 18.2 Å². The molecule has 0 spiro atoms. The minimum atomic E-state index is -3.49. The number of nitrogens with one attached hydrogen (secondary N) is 2. The molecule has 1 unspecified atom stereocenters. The van der Waals surface area contributed by atoms with E-state index in [1.165, 1.54) is 6.42 Å². The Hall–Kier alpha value is -1.69. The van der Waals surface area contributed by atoms with Crippen LogP contribution in [-0.2, 0) is 19.7 Å². The summed E-state index contributed by atoms with van der Waals surface area (Å²) in [6.45, 7) is 5.90. The van der Waals surface area contributed by atoms with Crippen LogP contribution in [0.15, 0.2) is 11.3 Å². The Morgan fingerprint density at radius 3 is 2.42 bits per heavy atom. The van der Waals surface area contributed by atoms with Crippen LogP contribution >= 0.6 is 0 Å². The second-order valence-corrected chi connectivity index (χ2v) is 10.4. The molecule has 0 aromatic heterocycles. The molecule has 11 heteroatoms. The molecule has 1 aliphatic carbocycles. The van der Waals surface area contributed by atoms with Gasteiger partial charge in [-0.2, -0.15) is 17.0 Å². The fourth-order valence-corrected chi connectivity index (χ4v) is 6.14. The summed E-state index contributed by atoms with van der Waals surface area (Å²) in [5.74, 6) is -0.451. The van der Waals surface area contributed by atoms with Gasteiger partial charge in [0.1, 0.15) is 0 Å². The van der Waals surface area contributed by atoms with Crippen LogP contribution in [0, 0.1) is 0 Å². The first kappa shape index (κ1) is 24.0. The minimum absolute atomic E-state index is 0.0838. The molecule has 1 saturated carbocycles. The third-order valence-electron chi connectivity index (χ3n) is 6.36. The quantitative estimate of drug-likeness (QED) is 0.543. The monoisotopic (exact) mass is 457 g/mol. The summed E-state index contributed by atoms with van der Waals surface area (Å²) in [5, 5.41) is 5.42. The number of hydrogen-bond donors (Lipinski definition) is 2. The third kappa shape index (κ3) is 5.57. The van der Waals surface area contributed by atoms with Crippen LogP contribution in [0.4, 0.5) is 4.79 Å². The van der Waals surface area contributed by atoms with E-state index in [9.17, 15) is 18.0 Å². The van der Waals surface area contributed by atoms with Crippen molar-refractivity contribution in [3.63, 3.8) is 0 Å². The summed E-state index contributed by atoms with van der Waals surface area (Å²) in [5.41, 5.74) is 0.930. The van der Waals surface area contributed by atoms with E-state index in [1.807, 2.05) is 0 Å². The molecule has 0 aromatic rings. The lowest BCUT2D eigenvalue weighted by atomic mass is 9.96. The number of carbonyl (C=O) groups is 2. The van der Waals surface area contributed by atoms with Crippen LogP contribution in [0.2, 0.25) is 0 Å². The number of ether oxygens (including phenoxy) is 1. The Morgan fingerprint density at radius 2 is 1.81 bits per heavy atom. The van der Waals surface area contributed by atoms with Crippen molar-refractivity contribution in [2.24, 2.45) is 0 Å². The number of hydrogen-bond acceptors (Lipinski definition) is 6. The van der Waals surface area contributed by atoms with Gasteiger partial charge in [-0.05, 0) is 26.7 Å². The van der Waals surface area contributed by atoms with Gasteiger partial charge < -0.3 is 15.4 Å². The molecule has 0 aromatic carbocycles. The summed E-state index contributed by atoms with van der Waals surface area (Å²) >= 11 is 0. The Labute approximate surface area is 185 Å². The Bertz CT molecular complexity index is 801. The van der Waals surface area contributed by atoms with Crippen LogP contribution in [0.25, 0.3) is 0 Å². The molecule has 2 N–H and O–H groups in total. The van der Waals surface area contributed by atoms with Gasteiger partial charge in [0.2, 0.25) is 0 Å². The maximum Gasteiger partial charge on any atom is 0.337 e. The van der Waals surface area contributed by atoms with Crippen molar-refractivity contribution < 1.29 is 22.7 Å². The Kier molecular flexibility index (Phi) is 7.95. The van der Waals surface area contributed by atoms with Gasteiger partial charge in [0, 0.05) is 51.5 Å². The zero-order valence-electron chi connectivity index (χ0n) is 18.7. The first-order chi connectivity index (χ1) is 14.7. The fourth-order valence-electron chi connectivity index (χ4n) is 4.56. The second-order valence-electron chi connectivity index (χ2n) is 8.42. The highest BCUT2D eigenvalue weighted by atomic mass is 32.2. The summed E-state index contributed by atoms with van der Waals surface area (Å²) in [6, 6.07) is -0.722. The highest BCUT2D eigenvalue weighted by Gasteiger charge is 2.36. The molecule has 176 valence electrons. The predicted molar refractivity (Wildman–Crippen MR) is 116 cm³/mol. The lowest BCUT2D eigenvalue weighted by molar-refractivity contribution is -0.139. The van der Waals surface area contributed by atoms with Crippen molar-refractivity contribution in [3.05, 3.63) is 11.3 Å². The Morgan fingerprint density at radius 1 is 1.16 bits per heavy atom. The molecule has 2 aliphatic heterocycles. The molecule has 3 rings (SSSR count). The number of nitrogens with zero attached hydrogens (tertiary/aromatic N) is 3. The van der Waals surface area contributed by atoms with Crippen molar-refractivity contribution in [2.45, 2.75) is 58.0 Å². The molecule has 0 bridgehead atoms. The van der Waals surface area contributed by atoms with Crippen molar-refractivity contribution in [1.82, 2.24) is 24.1 Å². The number of piperazine rings is 1. The molecular weight excluding hydrogens is 422 g/mol. The van der Waals surface area contributed by atoms with E-state index in [2.05, 4.69) is 15.5 Å². The van der Waals surface area contributed by atoms with E-state index >= 15 is 0 Å². The van der Waals surface area contributed by atoms with Gasteiger partial charge in [0.25, 0.3) is 10.2 Å². The zero-order chi connectivity index (χ0) is 22.6. The summed E-state index contributed by atoms with van der Waals surface area (Å²) in [7, 11) is -1.80. The number of rotatable bonds is 7. The number of urea groups is 1. The fraction of sp³-hybridized carbons (Fsp3) is 0.800. The van der Waals surface area contributed by atoms with Crippen LogP contribution in [0.5, 0.6) is 0 Å². The predicted octanol–water partition coefficient (Wildman–Crippen LogP) is 0.632. The third-order valence-corrected chi connectivity index (χ3v) is 8.40. The first-order valence-electron chi connectivity index (χ1n) is 11.2. The van der Waals surface area contributed by atoms with Crippen LogP contribution < -0.4 is 10.6 Å². The number of carbonyl (C=O) groups excluding carboxylic acids is 2. The maximum absolute atomic E-state index is 13.1. The molecule has 1 saturated heterocycles. The van der Waals surface area contributed by atoms with Gasteiger partial charge in [-0.25, -0.2) is 9.59 Å². The van der Waals surface area contributed by atoms with Gasteiger partial charge in [-0.3, -0.25) is 4.90 Å². The number of esters is 1. The largest absolute Gasteiger partial charge is 0.463 e. The molecule has 2 fully saturated rings. The van der Waals surface area contributed by atoms with E-state index in [0.717, 1.165) is 25.7 Å². The summed E-state index contributed by atoms with van der Waals surface area (Å²) in [4.78, 5) is 26.4. The van der Waals surface area contributed by atoms with Gasteiger partial charge in [-0.1, -0.05) is 19.3 Å². The highest BCUT2D eigenvalue weighted by Crippen LogP contribution is 2.25. The van der Waals surface area contributed by atoms with E-state index in [0.29, 0.717) is 44.0 Å². The van der Waals surface area contributed by atoms with Crippen molar-refractivity contribution in [2.75, 3.05) is 46.4 Å². The molecular formula is C20H35N5O5S. The van der Waals surface area contributed by atoms with Crippen molar-refractivity contribution in [3.8, 4) is 0 Å². The molecule has 3 aliphatic rings. The van der Waals surface area contributed by atoms with Gasteiger partial charge >= 0.3 is 12.0 Å².